The van der Waals surface area contributed by atoms with Crippen molar-refractivity contribution in [1.29, 1.82) is 0 Å². The van der Waals surface area contributed by atoms with Crippen molar-refractivity contribution in [3.05, 3.63) is 66.8 Å². The van der Waals surface area contributed by atoms with Gasteiger partial charge in [-0.25, -0.2) is 4.98 Å². The van der Waals surface area contributed by atoms with Crippen LogP contribution in [0.25, 0.3) is 17.1 Å². The fourth-order valence-electron chi connectivity index (χ4n) is 2.53. The molecule has 1 heterocycles. The van der Waals surface area contributed by atoms with E-state index >= 15 is 0 Å². The number of carbonyl (C=O) groups is 1. The Kier molecular flexibility index (Phi) is 6.26. The Balaban J connectivity index is 1.64. The Hall–Kier alpha value is -4.07. The lowest BCUT2D eigenvalue weighted by Gasteiger charge is -2.09. The molecule has 0 aliphatic carbocycles. The third kappa shape index (κ3) is 5.23. The third-order valence-corrected chi connectivity index (χ3v) is 3.83. The van der Waals surface area contributed by atoms with E-state index in [1.807, 2.05) is 24.3 Å². The van der Waals surface area contributed by atoms with Crippen LogP contribution in [-0.4, -0.2) is 35.6 Å². The second kappa shape index (κ2) is 9.23. The molecule has 0 spiro atoms. The van der Waals surface area contributed by atoms with E-state index in [9.17, 15) is 4.79 Å². The highest BCUT2D eigenvalue weighted by atomic mass is 16.5. The standard InChI is InChI=1S/C21H21N5O3/c1-3-12-29-17-10-8-14(13-18(17)28-2)9-11-19(27)25-20(22)26-21-23-15-6-4-5-7-16(15)24-21/h3-11,13H,1,12H2,2H3,(H4,22,23,24,25,26,27). The van der Waals surface area contributed by atoms with E-state index in [1.165, 1.54) is 6.08 Å². The minimum absolute atomic E-state index is 0.0653. The quantitative estimate of drug-likeness (QED) is 0.248. The first-order chi connectivity index (χ1) is 14.1. The highest BCUT2D eigenvalue weighted by Crippen LogP contribution is 2.28. The predicted molar refractivity (Wildman–Crippen MR) is 113 cm³/mol. The number of H-pyrrole nitrogens is 1. The van der Waals surface area contributed by atoms with Gasteiger partial charge in [0.15, 0.2) is 11.5 Å². The summed E-state index contributed by atoms with van der Waals surface area (Å²) in [5, 5.41) is 2.49. The van der Waals surface area contributed by atoms with Gasteiger partial charge in [-0.1, -0.05) is 30.9 Å². The van der Waals surface area contributed by atoms with Crippen molar-refractivity contribution in [2.45, 2.75) is 0 Å². The largest absolute Gasteiger partial charge is 0.493 e. The van der Waals surface area contributed by atoms with Gasteiger partial charge < -0.3 is 20.2 Å². The van der Waals surface area contributed by atoms with E-state index in [2.05, 4.69) is 26.9 Å². The number of amides is 1. The van der Waals surface area contributed by atoms with Gasteiger partial charge in [-0.15, -0.1) is 0 Å². The zero-order chi connectivity index (χ0) is 20.6. The van der Waals surface area contributed by atoms with Crippen LogP contribution in [0.1, 0.15) is 5.56 Å². The molecule has 148 valence electrons. The summed E-state index contributed by atoms with van der Waals surface area (Å²) in [6, 6.07) is 12.8. The molecule has 8 heteroatoms. The number of methoxy groups -OCH3 is 1. The second-order valence-corrected chi connectivity index (χ2v) is 5.91. The number of imidazole rings is 1. The normalized spacial score (nSPS) is 11.6. The Labute approximate surface area is 167 Å². The first-order valence-corrected chi connectivity index (χ1v) is 8.78. The number of rotatable bonds is 7. The molecule has 0 bridgehead atoms. The van der Waals surface area contributed by atoms with Gasteiger partial charge in [0, 0.05) is 6.08 Å². The number of ether oxygens (including phenoxy) is 2. The number of nitrogens with one attached hydrogen (secondary N) is 2. The average molecular weight is 391 g/mol. The highest BCUT2D eigenvalue weighted by molar-refractivity contribution is 6.04. The van der Waals surface area contributed by atoms with E-state index in [0.29, 0.717) is 24.1 Å². The maximum absolute atomic E-state index is 12.1. The first kappa shape index (κ1) is 19.7. The number of benzene rings is 2. The summed E-state index contributed by atoms with van der Waals surface area (Å²) >= 11 is 0. The molecular formula is C21H21N5O3. The van der Waals surface area contributed by atoms with E-state index in [4.69, 9.17) is 15.2 Å². The Morgan fingerprint density at radius 2 is 2.14 bits per heavy atom. The third-order valence-electron chi connectivity index (χ3n) is 3.83. The number of nitrogens with zero attached hydrogens (tertiary/aromatic N) is 2. The number of aliphatic imine (C=N–C) groups is 1. The summed E-state index contributed by atoms with van der Waals surface area (Å²) in [6.45, 7) is 3.98. The maximum Gasteiger partial charge on any atom is 0.250 e. The minimum Gasteiger partial charge on any atom is -0.493 e. The predicted octanol–water partition coefficient (Wildman–Crippen LogP) is 2.91. The Morgan fingerprint density at radius 1 is 1.31 bits per heavy atom. The molecule has 0 atom stereocenters. The molecule has 1 aromatic heterocycles. The van der Waals surface area contributed by atoms with Crippen LogP contribution in [0.15, 0.2) is 66.2 Å². The monoisotopic (exact) mass is 391 g/mol. The summed E-state index contributed by atoms with van der Waals surface area (Å²) in [5.74, 6) is 0.974. The number of aromatic nitrogens is 2. The topological polar surface area (TPSA) is 115 Å². The Bertz CT molecular complexity index is 1050. The molecule has 0 radical (unpaired) electrons. The zero-order valence-electron chi connectivity index (χ0n) is 15.9. The summed E-state index contributed by atoms with van der Waals surface area (Å²) in [6.07, 6.45) is 4.62. The van der Waals surface area contributed by atoms with Crippen molar-refractivity contribution >= 4 is 34.9 Å². The SMILES string of the molecule is C=CCOc1ccc(C=CC(=O)NC(N)=Nc2nc3ccccc3[nH]2)cc1OC. The van der Waals surface area contributed by atoms with Crippen molar-refractivity contribution in [2.75, 3.05) is 13.7 Å². The second-order valence-electron chi connectivity index (χ2n) is 5.91. The molecule has 4 N–H and O–H groups in total. The zero-order valence-corrected chi connectivity index (χ0v) is 15.9. The maximum atomic E-state index is 12.1. The van der Waals surface area contributed by atoms with Crippen LogP contribution in [0.4, 0.5) is 5.95 Å². The van der Waals surface area contributed by atoms with E-state index in [1.54, 1.807) is 37.5 Å². The van der Waals surface area contributed by atoms with E-state index in [-0.39, 0.29) is 5.96 Å². The number of carbonyl (C=O) groups excluding carboxylic acids is 1. The molecule has 0 aliphatic heterocycles. The molecular weight excluding hydrogens is 370 g/mol. The van der Waals surface area contributed by atoms with Crippen LogP contribution in [0, 0.1) is 0 Å². The molecule has 2 aromatic carbocycles. The molecule has 0 saturated carbocycles. The summed E-state index contributed by atoms with van der Waals surface area (Å²) in [7, 11) is 1.55. The van der Waals surface area contributed by atoms with E-state index in [0.717, 1.165) is 16.6 Å². The molecule has 0 saturated heterocycles. The van der Waals surface area contributed by atoms with Crippen LogP contribution in [0.3, 0.4) is 0 Å². The lowest BCUT2D eigenvalue weighted by Crippen LogP contribution is -2.35. The molecule has 3 rings (SSSR count). The van der Waals surface area contributed by atoms with Crippen molar-refractivity contribution < 1.29 is 14.3 Å². The smallest absolute Gasteiger partial charge is 0.250 e. The summed E-state index contributed by atoms with van der Waals surface area (Å²) < 4.78 is 10.8. The minimum atomic E-state index is -0.423. The first-order valence-electron chi connectivity index (χ1n) is 8.78. The van der Waals surface area contributed by atoms with Crippen LogP contribution in [0.5, 0.6) is 11.5 Å². The van der Waals surface area contributed by atoms with Gasteiger partial charge in [-0.2, -0.15) is 4.99 Å². The van der Waals surface area contributed by atoms with E-state index < -0.39 is 5.91 Å². The van der Waals surface area contributed by atoms with Crippen molar-refractivity contribution in [3.8, 4) is 11.5 Å². The number of nitrogens with two attached hydrogens (primary N) is 1. The number of para-hydroxylation sites is 2. The van der Waals surface area contributed by atoms with Gasteiger partial charge in [0.1, 0.15) is 6.61 Å². The van der Waals surface area contributed by atoms with Gasteiger partial charge >= 0.3 is 0 Å². The van der Waals surface area contributed by atoms with Crippen LogP contribution < -0.4 is 20.5 Å². The van der Waals surface area contributed by atoms with Crippen molar-refractivity contribution in [1.82, 2.24) is 15.3 Å². The number of hydrogen-bond donors (Lipinski definition) is 3. The lowest BCUT2D eigenvalue weighted by molar-refractivity contribution is -0.115. The van der Waals surface area contributed by atoms with Crippen molar-refractivity contribution in [2.24, 2.45) is 10.7 Å². The van der Waals surface area contributed by atoms with Crippen LogP contribution in [-0.2, 0) is 4.79 Å². The van der Waals surface area contributed by atoms with Crippen LogP contribution in [0.2, 0.25) is 0 Å². The molecule has 1 amide bonds. The van der Waals surface area contributed by atoms with Crippen molar-refractivity contribution in [3.63, 3.8) is 0 Å². The molecule has 29 heavy (non-hydrogen) atoms. The fraction of sp³-hybridized carbons (Fsp3) is 0.0952. The highest BCUT2D eigenvalue weighted by Gasteiger charge is 2.06. The number of aromatic amines is 1. The number of guanidine groups is 1. The summed E-state index contributed by atoms with van der Waals surface area (Å²) in [5.41, 5.74) is 8.15. The average Bonchev–Trinajstić information content (AvgIpc) is 3.12. The van der Waals surface area contributed by atoms with Gasteiger partial charge in [0.05, 0.1) is 18.1 Å². The number of hydrogen-bond acceptors (Lipinski definition) is 5. The number of fused-ring (bicyclic) bond motifs is 1. The van der Waals surface area contributed by atoms with Crippen LogP contribution >= 0.6 is 0 Å². The molecule has 0 unspecified atom stereocenters. The molecule has 0 fully saturated rings. The fourth-order valence-corrected chi connectivity index (χ4v) is 2.53. The Morgan fingerprint density at radius 3 is 2.90 bits per heavy atom. The molecule has 8 nitrogen and oxygen atoms in total. The summed E-state index contributed by atoms with van der Waals surface area (Å²) in [4.78, 5) is 23.5. The van der Waals surface area contributed by atoms with Gasteiger partial charge in [-0.05, 0) is 35.9 Å². The molecule has 0 aliphatic rings. The van der Waals surface area contributed by atoms with Gasteiger partial charge in [0.25, 0.3) is 5.91 Å². The van der Waals surface area contributed by atoms with Gasteiger partial charge in [-0.3, -0.25) is 10.1 Å². The van der Waals surface area contributed by atoms with Gasteiger partial charge in [0.2, 0.25) is 11.9 Å². The molecule has 3 aromatic rings. The lowest BCUT2D eigenvalue weighted by atomic mass is 10.2.